The molecule has 0 saturated heterocycles. The first-order valence-electron chi connectivity index (χ1n) is 9.21. The molecule has 1 amide bonds. The molecule has 0 spiro atoms. The first-order chi connectivity index (χ1) is 13.2. The number of hydrogen-bond donors (Lipinski definition) is 1. The second kappa shape index (κ2) is 9.48. The number of ether oxygens (including phenoxy) is 1. The number of esters is 1. The Hall–Kier alpha value is -2.27. The average Bonchev–Trinajstić information content (AvgIpc) is 2.58. The molecule has 0 bridgehead atoms. The maximum absolute atomic E-state index is 12.8. The van der Waals surface area contributed by atoms with Crippen LogP contribution in [0.25, 0.3) is 0 Å². The Balaban J connectivity index is 2.87. The third-order valence-electron chi connectivity index (χ3n) is 5.02. The monoisotopic (exact) mass is 427 g/mol. The lowest BCUT2D eigenvalue weighted by Gasteiger charge is -2.31. The van der Waals surface area contributed by atoms with Gasteiger partial charge in [-0.3, -0.25) is 4.79 Å². The van der Waals surface area contributed by atoms with Crippen LogP contribution in [0.15, 0.2) is 24.3 Å². The van der Waals surface area contributed by atoms with E-state index in [0.717, 1.165) is 12.1 Å². The SMILES string of the molecule is COC(=O)[C@H](CC#C[Si](C)(C)C(C)(C)C)NC(=O)Cc1cccc(C(F)(F)F)c1. The lowest BCUT2D eigenvalue weighted by atomic mass is 10.1. The molecular formula is C21H28F3NO3Si. The van der Waals surface area contributed by atoms with Crippen LogP contribution >= 0.6 is 0 Å². The molecule has 0 unspecified atom stereocenters. The molecular weight excluding hydrogens is 399 g/mol. The van der Waals surface area contributed by atoms with Gasteiger partial charge in [0.25, 0.3) is 0 Å². The van der Waals surface area contributed by atoms with E-state index in [1.807, 2.05) is 0 Å². The van der Waals surface area contributed by atoms with Crippen LogP contribution in [0.4, 0.5) is 13.2 Å². The fourth-order valence-corrected chi connectivity index (χ4v) is 3.10. The Kier molecular flexibility index (Phi) is 8.10. The van der Waals surface area contributed by atoms with Gasteiger partial charge in [0.05, 0.1) is 19.1 Å². The van der Waals surface area contributed by atoms with Gasteiger partial charge in [0.1, 0.15) is 14.1 Å². The van der Waals surface area contributed by atoms with Gasteiger partial charge in [-0.15, -0.1) is 11.5 Å². The van der Waals surface area contributed by atoms with Gasteiger partial charge in [-0.2, -0.15) is 13.2 Å². The molecule has 1 rings (SSSR count). The summed E-state index contributed by atoms with van der Waals surface area (Å²) in [5, 5.41) is 2.57. The molecule has 1 N–H and O–H groups in total. The van der Waals surface area contributed by atoms with Crippen LogP contribution in [-0.2, 0) is 26.9 Å². The van der Waals surface area contributed by atoms with E-state index in [4.69, 9.17) is 4.74 Å². The van der Waals surface area contributed by atoms with Crippen LogP contribution in [0.1, 0.15) is 38.3 Å². The molecule has 160 valence electrons. The van der Waals surface area contributed by atoms with Crippen molar-refractivity contribution in [1.29, 1.82) is 0 Å². The van der Waals surface area contributed by atoms with E-state index in [1.165, 1.54) is 19.2 Å². The van der Waals surface area contributed by atoms with Gasteiger partial charge in [0.2, 0.25) is 5.91 Å². The number of carbonyl (C=O) groups excluding carboxylic acids is 2. The molecule has 0 aliphatic carbocycles. The number of rotatable bonds is 5. The summed E-state index contributed by atoms with van der Waals surface area (Å²) in [4.78, 5) is 24.3. The molecule has 0 aliphatic rings. The molecule has 0 heterocycles. The van der Waals surface area contributed by atoms with E-state index in [2.05, 4.69) is 50.6 Å². The number of benzene rings is 1. The first-order valence-corrected chi connectivity index (χ1v) is 12.2. The van der Waals surface area contributed by atoms with Crippen molar-refractivity contribution in [3.8, 4) is 11.5 Å². The molecule has 0 fully saturated rings. The minimum Gasteiger partial charge on any atom is -0.467 e. The molecule has 0 aromatic heterocycles. The summed E-state index contributed by atoms with van der Waals surface area (Å²) in [5.41, 5.74) is 2.64. The zero-order valence-corrected chi connectivity index (χ0v) is 18.7. The number of amides is 1. The van der Waals surface area contributed by atoms with Gasteiger partial charge in [0.15, 0.2) is 0 Å². The normalized spacial score (nSPS) is 13.1. The molecule has 1 aromatic rings. The Morgan fingerprint density at radius 1 is 1.21 bits per heavy atom. The fraction of sp³-hybridized carbons (Fsp3) is 0.524. The van der Waals surface area contributed by atoms with E-state index >= 15 is 0 Å². The van der Waals surface area contributed by atoms with Gasteiger partial charge < -0.3 is 10.1 Å². The molecule has 8 heteroatoms. The highest BCUT2D eigenvalue weighted by atomic mass is 28.3. The minimum absolute atomic E-state index is 0.0491. The Bertz CT molecular complexity index is 802. The van der Waals surface area contributed by atoms with E-state index < -0.39 is 37.7 Å². The quantitative estimate of drug-likeness (QED) is 0.432. The molecule has 1 atom stereocenters. The first kappa shape index (κ1) is 24.8. The van der Waals surface area contributed by atoms with Crippen molar-refractivity contribution in [2.75, 3.05) is 7.11 Å². The van der Waals surface area contributed by atoms with E-state index in [9.17, 15) is 22.8 Å². The number of methoxy groups -OCH3 is 1. The summed E-state index contributed by atoms with van der Waals surface area (Å²) in [6, 6.07) is 3.56. The maximum atomic E-state index is 12.8. The van der Waals surface area contributed by atoms with Crippen LogP contribution in [0, 0.1) is 11.5 Å². The standard InChI is InChI=1S/C21H28F3NO3Si/c1-20(2,3)29(5,6)12-8-11-17(19(27)28-4)25-18(26)14-15-9-7-10-16(13-15)21(22,23)24/h7,9-10,13,17H,11,14H2,1-6H3,(H,25,26)/t17-/m0/s1. The van der Waals surface area contributed by atoms with Gasteiger partial charge >= 0.3 is 12.1 Å². The van der Waals surface area contributed by atoms with Crippen molar-refractivity contribution in [2.24, 2.45) is 0 Å². The van der Waals surface area contributed by atoms with E-state index in [1.54, 1.807) is 0 Å². The molecule has 0 aliphatic heterocycles. The highest BCUT2D eigenvalue weighted by molar-refractivity contribution is 6.87. The van der Waals surface area contributed by atoms with Crippen LogP contribution < -0.4 is 5.32 Å². The zero-order chi connectivity index (χ0) is 22.5. The average molecular weight is 428 g/mol. The predicted molar refractivity (Wildman–Crippen MR) is 109 cm³/mol. The lowest BCUT2D eigenvalue weighted by Crippen LogP contribution is -2.42. The predicted octanol–water partition coefficient (Wildman–Crippen LogP) is 4.35. The minimum atomic E-state index is -4.49. The summed E-state index contributed by atoms with van der Waals surface area (Å²) >= 11 is 0. The second-order valence-corrected chi connectivity index (χ2v) is 13.4. The fourth-order valence-electron chi connectivity index (χ4n) is 2.19. The maximum Gasteiger partial charge on any atom is 0.416 e. The summed E-state index contributed by atoms with van der Waals surface area (Å²) < 4.78 is 43.2. The lowest BCUT2D eigenvalue weighted by molar-refractivity contribution is -0.144. The number of alkyl halides is 3. The molecule has 29 heavy (non-hydrogen) atoms. The highest BCUT2D eigenvalue weighted by Gasteiger charge is 2.34. The second-order valence-electron chi connectivity index (χ2n) is 8.40. The summed E-state index contributed by atoms with van der Waals surface area (Å²) in [6.07, 6.45) is -4.69. The van der Waals surface area contributed by atoms with Crippen LogP contribution in [0.2, 0.25) is 18.1 Å². The van der Waals surface area contributed by atoms with E-state index in [-0.39, 0.29) is 23.4 Å². The summed E-state index contributed by atoms with van der Waals surface area (Å²) in [5.74, 6) is 1.77. The summed E-state index contributed by atoms with van der Waals surface area (Å²) in [6.45, 7) is 10.6. The van der Waals surface area contributed by atoms with Crippen LogP contribution in [0.5, 0.6) is 0 Å². The van der Waals surface area contributed by atoms with Gasteiger partial charge in [-0.25, -0.2) is 4.79 Å². The highest BCUT2D eigenvalue weighted by Crippen LogP contribution is 2.35. The third-order valence-corrected chi connectivity index (χ3v) is 9.57. The topological polar surface area (TPSA) is 55.4 Å². The van der Waals surface area contributed by atoms with Gasteiger partial charge in [-0.05, 0) is 16.7 Å². The van der Waals surface area contributed by atoms with Crippen LogP contribution in [-0.4, -0.2) is 33.1 Å². The van der Waals surface area contributed by atoms with Crippen molar-refractivity contribution >= 4 is 20.0 Å². The molecule has 1 aromatic carbocycles. The number of carbonyl (C=O) groups is 2. The molecule has 4 nitrogen and oxygen atoms in total. The zero-order valence-electron chi connectivity index (χ0n) is 17.7. The number of nitrogens with one attached hydrogen (secondary N) is 1. The van der Waals surface area contributed by atoms with Crippen molar-refractivity contribution in [3.63, 3.8) is 0 Å². The Morgan fingerprint density at radius 3 is 2.34 bits per heavy atom. The summed E-state index contributed by atoms with van der Waals surface area (Å²) in [7, 11) is -0.670. The van der Waals surface area contributed by atoms with Crippen molar-refractivity contribution in [3.05, 3.63) is 35.4 Å². The van der Waals surface area contributed by atoms with Gasteiger partial charge in [-0.1, -0.05) is 52.1 Å². The van der Waals surface area contributed by atoms with Crippen molar-refractivity contribution < 1.29 is 27.5 Å². The molecule has 0 saturated carbocycles. The van der Waals surface area contributed by atoms with Gasteiger partial charge in [0, 0.05) is 6.42 Å². The number of halogens is 3. The van der Waals surface area contributed by atoms with Crippen LogP contribution in [0.3, 0.4) is 0 Å². The Labute approximate surface area is 171 Å². The molecule has 0 radical (unpaired) electrons. The van der Waals surface area contributed by atoms with Crippen molar-refractivity contribution in [1.82, 2.24) is 5.32 Å². The van der Waals surface area contributed by atoms with Crippen molar-refractivity contribution in [2.45, 2.75) is 64.0 Å². The Morgan fingerprint density at radius 2 is 1.83 bits per heavy atom. The number of hydrogen-bond acceptors (Lipinski definition) is 3. The smallest absolute Gasteiger partial charge is 0.416 e. The third kappa shape index (κ3) is 7.57. The largest absolute Gasteiger partial charge is 0.467 e. The van der Waals surface area contributed by atoms with E-state index in [0.29, 0.717) is 0 Å².